The summed E-state index contributed by atoms with van der Waals surface area (Å²) < 4.78 is 4.96. The van der Waals surface area contributed by atoms with Crippen LogP contribution in [0.2, 0.25) is 0 Å². The van der Waals surface area contributed by atoms with Crippen molar-refractivity contribution in [2.75, 3.05) is 5.32 Å². The molecule has 2 N–H and O–H groups in total. The zero-order valence-electron chi connectivity index (χ0n) is 17.2. The van der Waals surface area contributed by atoms with E-state index < -0.39 is 17.9 Å². The van der Waals surface area contributed by atoms with E-state index in [1.165, 1.54) is 23.9 Å². The fourth-order valence-electron chi connectivity index (χ4n) is 3.03. The number of anilines is 1. The molecule has 0 fully saturated rings. The predicted molar refractivity (Wildman–Crippen MR) is 106 cm³/mol. The highest BCUT2D eigenvalue weighted by molar-refractivity contribution is 6.03. The number of nitrogens with one attached hydrogen (secondary N) is 1. The first-order chi connectivity index (χ1) is 13.7. The second kappa shape index (κ2) is 7.90. The third-order valence-corrected chi connectivity index (χ3v) is 4.91. The van der Waals surface area contributed by atoms with Gasteiger partial charge in [0.1, 0.15) is 6.04 Å². The average molecular weight is 399 g/mol. The second-order valence-corrected chi connectivity index (χ2v) is 6.95. The number of aliphatic carboxylic acids is 1. The van der Waals surface area contributed by atoms with E-state index in [-0.39, 0.29) is 5.69 Å². The molecule has 0 radical (unpaired) electrons. The topological polar surface area (TPSA) is 120 Å². The number of aromatic nitrogens is 6. The summed E-state index contributed by atoms with van der Waals surface area (Å²) in [5, 5.41) is 25.0. The summed E-state index contributed by atoms with van der Waals surface area (Å²) in [7, 11) is 0. The lowest BCUT2D eigenvalue weighted by Crippen LogP contribution is -2.18. The number of aryl methyl sites for hydroxylation is 3. The maximum absolute atomic E-state index is 12.6. The third kappa shape index (κ3) is 4.05. The van der Waals surface area contributed by atoms with Gasteiger partial charge in [-0.3, -0.25) is 18.8 Å². The van der Waals surface area contributed by atoms with Crippen LogP contribution in [0.25, 0.3) is 0 Å². The summed E-state index contributed by atoms with van der Waals surface area (Å²) in [6.45, 7) is 10.6. The molecule has 0 bridgehead atoms. The van der Waals surface area contributed by atoms with E-state index in [2.05, 4.69) is 20.6 Å². The first-order valence-electron chi connectivity index (χ1n) is 9.37. The first kappa shape index (κ1) is 20.3. The quantitative estimate of drug-likeness (QED) is 0.628. The fraction of sp³-hybridized carbons (Fsp3) is 0.421. The minimum atomic E-state index is -1.02. The molecule has 29 heavy (non-hydrogen) atoms. The molecule has 1 amide bonds. The van der Waals surface area contributed by atoms with Crippen LogP contribution in [0.15, 0.2) is 18.5 Å². The van der Waals surface area contributed by atoms with Gasteiger partial charge in [0.05, 0.1) is 29.3 Å². The van der Waals surface area contributed by atoms with Crippen molar-refractivity contribution in [1.29, 1.82) is 0 Å². The monoisotopic (exact) mass is 399 g/mol. The lowest BCUT2D eigenvalue weighted by molar-refractivity contribution is -0.140. The smallest absolute Gasteiger partial charge is 0.328 e. The molecule has 1 atom stereocenters. The van der Waals surface area contributed by atoms with Gasteiger partial charge in [0.15, 0.2) is 5.69 Å². The maximum atomic E-state index is 12.6. The van der Waals surface area contributed by atoms with E-state index in [1.807, 2.05) is 43.3 Å². The molecule has 10 nitrogen and oxygen atoms in total. The Morgan fingerprint density at radius 3 is 2.52 bits per heavy atom. The molecule has 0 aliphatic carbocycles. The van der Waals surface area contributed by atoms with Crippen molar-refractivity contribution in [2.24, 2.45) is 0 Å². The summed E-state index contributed by atoms with van der Waals surface area (Å²) in [6.07, 6.45) is 3.48. The number of carbonyl (C=O) groups excluding carboxylic acids is 1. The van der Waals surface area contributed by atoms with Gasteiger partial charge in [-0.2, -0.15) is 15.3 Å². The highest BCUT2D eigenvalue weighted by Gasteiger charge is 2.20. The van der Waals surface area contributed by atoms with Crippen LogP contribution in [0.1, 0.15) is 53.0 Å². The van der Waals surface area contributed by atoms with E-state index in [1.54, 1.807) is 0 Å². The highest BCUT2D eigenvalue weighted by Crippen LogP contribution is 2.22. The van der Waals surface area contributed by atoms with Crippen LogP contribution in [-0.2, 0) is 17.9 Å². The van der Waals surface area contributed by atoms with E-state index in [4.69, 9.17) is 5.11 Å². The third-order valence-electron chi connectivity index (χ3n) is 4.91. The number of nitrogens with zero attached hydrogens (tertiary/aromatic N) is 6. The van der Waals surface area contributed by atoms with Crippen molar-refractivity contribution in [3.8, 4) is 0 Å². The molecular weight excluding hydrogens is 374 g/mol. The molecule has 0 aliphatic rings. The Morgan fingerprint density at radius 2 is 1.90 bits per heavy atom. The van der Waals surface area contributed by atoms with Crippen LogP contribution in [0, 0.1) is 20.8 Å². The summed E-state index contributed by atoms with van der Waals surface area (Å²) in [4.78, 5) is 23.7. The van der Waals surface area contributed by atoms with Crippen molar-refractivity contribution in [1.82, 2.24) is 29.3 Å². The summed E-state index contributed by atoms with van der Waals surface area (Å²) >= 11 is 0. The number of amides is 1. The molecule has 0 aromatic carbocycles. The Bertz CT molecular complexity index is 1060. The summed E-state index contributed by atoms with van der Waals surface area (Å²) in [5.74, 6) is -1.43. The zero-order valence-corrected chi connectivity index (χ0v) is 17.2. The highest BCUT2D eigenvalue weighted by atomic mass is 16.4. The number of carbonyl (C=O) groups is 2. The van der Waals surface area contributed by atoms with Gasteiger partial charge in [-0.25, -0.2) is 4.79 Å². The largest absolute Gasteiger partial charge is 0.480 e. The molecule has 0 aliphatic heterocycles. The number of carboxylic acids is 1. The van der Waals surface area contributed by atoms with Crippen LogP contribution in [0.5, 0.6) is 0 Å². The molecule has 3 heterocycles. The zero-order chi connectivity index (χ0) is 21.3. The van der Waals surface area contributed by atoms with Crippen molar-refractivity contribution in [3.05, 3.63) is 46.8 Å². The number of hydrogen-bond acceptors (Lipinski definition) is 5. The van der Waals surface area contributed by atoms with Gasteiger partial charge < -0.3 is 10.4 Å². The fourth-order valence-corrected chi connectivity index (χ4v) is 3.03. The molecule has 3 aromatic heterocycles. The van der Waals surface area contributed by atoms with Crippen LogP contribution in [0.3, 0.4) is 0 Å². The van der Waals surface area contributed by atoms with E-state index in [0.29, 0.717) is 17.9 Å². The minimum absolute atomic E-state index is 0.143. The second-order valence-electron chi connectivity index (χ2n) is 6.95. The van der Waals surface area contributed by atoms with Crippen molar-refractivity contribution in [2.45, 2.75) is 53.8 Å². The molecule has 3 rings (SSSR count). The lowest BCUT2D eigenvalue weighted by Gasteiger charge is -2.07. The Morgan fingerprint density at radius 1 is 1.17 bits per heavy atom. The standard InChI is InChI=1S/C19H25N7O3/c1-6-24-9-15(11(2)21-24)10-26-13(4)17(12(3)22-26)20-18(27)16-7-8-25(23-16)14(5)19(28)29/h7-9,14H,6,10H2,1-5H3,(H,20,27)(H,28,29). The van der Waals surface area contributed by atoms with Crippen LogP contribution >= 0.6 is 0 Å². The van der Waals surface area contributed by atoms with Crippen molar-refractivity contribution < 1.29 is 14.7 Å². The van der Waals surface area contributed by atoms with E-state index >= 15 is 0 Å². The Hall–Kier alpha value is -3.43. The van der Waals surface area contributed by atoms with Gasteiger partial charge in [-0.15, -0.1) is 0 Å². The van der Waals surface area contributed by atoms with Crippen LogP contribution in [-0.4, -0.2) is 46.3 Å². The molecule has 0 saturated carbocycles. The van der Waals surface area contributed by atoms with Gasteiger partial charge in [0, 0.05) is 24.5 Å². The maximum Gasteiger partial charge on any atom is 0.328 e. The Kier molecular flexibility index (Phi) is 5.53. The molecule has 3 aromatic rings. The van der Waals surface area contributed by atoms with Gasteiger partial charge in [-0.05, 0) is 40.7 Å². The SMILES string of the molecule is CCn1cc(Cn2nc(C)c(NC(=O)c3ccn(C(C)C(=O)O)n3)c2C)c(C)n1. The average Bonchev–Trinajstić information content (AvgIpc) is 3.36. The molecule has 0 saturated heterocycles. The van der Waals surface area contributed by atoms with Gasteiger partial charge in [-0.1, -0.05) is 0 Å². The minimum Gasteiger partial charge on any atom is -0.480 e. The predicted octanol–water partition coefficient (Wildman–Crippen LogP) is 2.17. The van der Waals surface area contributed by atoms with Crippen LogP contribution in [0.4, 0.5) is 5.69 Å². The van der Waals surface area contributed by atoms with Crippen LogP contribution < -0.4 is 5.32 Å². The molecule has 0 spiro atoms. The van der Waals surface area contributed by atoms with E-state index in [9.17, 15) is 9.59 Å². The van der Waals surface area contributed by atoms with Gasteiger partial charge in [0.2, 0.25) is 0 Å². The number of hydrogen-bond donors (Lipinski definition) is 2. The number of carboxylic acid groups (broad SMARTS) is 1. The molecule has 1 unspecified atom stereocenters. The van der Waals surface area contributed by atoms with Gasteiger partial charge in [0.25, 0.3) is 5.91 Å². The normalized spacial score (nSPS) is 12.2. The lowest BCUT2D eigenvalue weighted by atomic mass is 10.2. The van der Waals surface area contributed by atoms with Gasteiger partial charge >= 0.3 is 5.97 Å². The molecule has 154 valence electrons. The van der Waals surface area contributed by atoms with Crippen molar-refractivity contribution >= 4 is 17.6 Å². The molecule has 10 heteroatoms. The summed E-state index contributed by atoms with van der Waals surface area (Å²) in [6, 6.07) is 0.641. The Balaban J connectivity index is 1.79. The first-order valence-corrected chi connectivity index (χ1v) is 9.37. The summed E-state index contributed by atoms with van der Waals surface area (Å²) in [5.41, 5.74) is 4.29. The molecular formula is C19H25N7O3. The Labute approximate surface area is 168 Å². The number of rotatable bonds is 7. The van der Waals surface area contributed by atoms with E-state index in [0.717, 1.165) is 23.5 Å². The van der Waals surface area contributed by atoms with Crippen molar-refractivity contribution in [3.63, 3.8) is 0 Å².